The molecule has 0 saturated heterocycles. The van der Waals surface area contributed by atoms with E-state index in [0.29, 0.717) is 12.3 Å². The summed E-state index contributed by atoms with van der Waals surface area (Å²) in [5, 5.41) is 9.90. The first-order chi connectivity index (χ1) is 13.3. The van der Waals surface area contributed by atoms with E-state index in [4.69, 9.17) is 4.74 Å². The Balaban J connectivity index is 1.65. The highest BCUT2D eigenvalue weighted by atomic mass is 32.1. The van der Waals surface area contributed by atoms with Crippen molar-refractivity contribution in [3.05, 3.63) is 70.2 Å². The first-order valence-electron chi connectivity index (χ1n) is 9.33. The van der Waals surface area contributed by atoms with E-state index >= 15 is 0 Å². The summed E-state index contributed by atoms with van der Waals surface area (Å²) in [5.41, 5.74) is 3.99. The number of ether oxygens (including phenoxy) is 1. The van der Waals surface area contributed by atoms with Crippen LogP contribution in [-0.2, 0) is 12.0 Å². The van der Waals surface area contributed by atoms with Gasteiger partial charge in [0.05, 0.1) is 5.69 Å². The molecule has 28 heavy (non-hydrogen) atoms. The molecule has 3 rings (SSSR count). The maximum absolute atomic E-state index is 11.2. The van der Waals surface area contributed by atoms with Crippen LogP contribution in [0.5, 0.6) is 5.75 Å². The van der Waals surface area contributed by atoms with E-state index in [2.05, 4.69) is 37.9 Å². The van der Waals surface area contributed by atoms with Crippen LogP contribution in [0.25, 0.3) is 10.6 Å². The molecule has 1 heterocycles. The van der Waals surface area contributed by atoms with Crippen molar-refractivity contribution in [2.45, 2.75) is 46.1 Å². The van der Waals surface area contributed by atoms with Crippen molar-refractivity contribution in [2.24, 2.45) is 0 Å². The summed E-state index contributed by atoms with van der Waals surface area (Å²) in [5.74, 6) is -0.0824. The first kappa shape index (κ1) is 20.1. The topological polar surface area (TPSA) is 59.4 Å². The van der Waals surface area contributed by atoms with E-state index in [1.165, 1.54) is 16.9 Å². The van der Waals surface area contributed by atoms with Crippen LogP contribution < -0.4 is 4.74 Å². The molecule has 0 spiro atoms. The van der Waals surface area contributed by atoms with Gasteiger partial charge in [-0.25, -0.2) is 9.78 Å². The van der Waals surface area contributed by atoms with Crippen LogP contribution in [0.1, 0.15) is 53.7 Å². The van der Waals surface area contributed by atoms with Crippen LogP contribution in [0.3, 0.4) is 0 Å². The van der Waals surface area contributed by atoms with Crippen LogP contribution in [0, 0.1) is 6.92 Å². The van der Waals surface area contributed by atoms with E-state index in [0.717, 1.165) is 28.3 Å². The highest BCUT2D eigenvalue weighted by Gasteiger charge is 2.17. The van der Waals surface area contributed by atoms with Crippen molar-refractivity contribution < 1.29 is 14.6 Å². The molecule has 0 unspecified atom stereocenters. The summed E-state index contributed by atoms with van der Waals surface area (Å²) < 4.78 is 5.90. The molecule has 0 aliphatic heterocycles. The summed E-state index contributed by atoms with van der Waals surface area (Å²) in [6, 6.07) is 16.2. The number of aromatic nitrogens is 1. The van der Waals surface area contributed by atoms with Crippen molar-refractivity contribution in [1.29, 1.82) is 0 Å². The lowest BCUT2D eigenvalue weighted by Gasteiger charge is -2.23. The number of hydrogen-bond donors (Lipinski definition) is 1. The van der Waals surface area contributed by atoms with E-state index in [9.17, 15) is 9.90 Å². The van der Waals surface area contributed by atoms with Gasteiger partial charge in [0.2, 0.25) is 0 Å². The molecule has 0 atom stereocenters. The highest BCUT2D eigenvalue weighted by molar-refractivity contribution is 7.17. The fourth-order valence-corrected chi connectivity index (χ4v) is 3.75. The molecule has 0 aliphatic rings. The fraction of sp³-hybridized carbons (Fsp3) is 0.304. The number of carbonyl (C=O) groups is 1. The molecular formula is C23H25NO3S. The predicted molar refractivity (Wildman–Crippen MR) is 113 cm³/mol. The fourth-order valence-electron chi connectivity index (χ4n) is 2.84. The molecule has 0 fully saturated rings. The lowest BCUT2D eigenvalue weighted by Crippen LogP contribution is -2.15. The second-order valence-electron chi connectivity index (χ2n) is 7.49. The highest BCUT2D eigenvalue weighted by Crippen LogP contribution is 2.29. The summed E-state index contributed by atoms with van der Waals surface area (Å²) in [6.07, 6.45) is 1.09. The standard InChI is InChI=1S/C23H25NO3S/c1-5-23(3,4)18-10-12-19(13-11-18)27-14-16-6-8-17(9-7-16)21-24-15(2)20(28-21)22(25)26/h6-13H,5,14H2,1-4H3,(H,25,26). The van der Waals surface area contributed by atoms with Gasteiger partial charge in [0.15, 0.2) is 0 Å². The molecule has 0 saturated carbocycles. The Morgan fingerprint density at radius 3 is 2.29 bits per heavy atom. The summed E-state index contributed by atoms with van der Waals surface area (Å²) in [7, 11) is 0. The Bertz CT molecular complexity index is 957. The third-order valence-electron chi connectivity index (χ3n) is 5.12. The lowest BCUT2D eigenvalue weighted by molar-refractivity contribution is 0.0701. The molecule has 146 valence electrons. The number of thiazole rings is 1. The molecule has 1 N–H and O–H groups in total. The second-order valence-corrected chi connectivity index (χ2v) is 8.49. The zero-order valence-corrected chi connectivity index (χ0v) is 17.5. The van der Waals surface area contributed by atoms with Gasteiger partial charge in [0.25, 0.3) is 0 Å². The number of rotatable bonds is 7. The average molecular weight is 396 g/mol. The SMILES string of the molecule is CCC(C)(C)c1ccc(OCc2ccc(-c3nc(C)c(C(=O)O)s3)cc2)cc1. The number of benzene rings is 2. The summed E-state index contributed by atoms with van der Waals surface area (Å²) >= 11 is 1.20. The number of nitrogens with zero attached hydrogens (tertiary/aromatic N) is 1. The monoisotopic (exact) mass is 395 g/mol. The van der Waals surface area contributed by atoms with Crippen LogP contribution in [-0.4, -0.2) is 16.1 Å². The predicted octanol–water partition coefficient (Wildman–Crippen LogP) is 6.08. The van der Waals surface area contributed by atoms with E-state index < -0.39 is 5.97 Å². The van der Waals surface area contributed by atoms with Crippen molar-refractivity contribution in [3.63, 3.8) is 0 Å². The van der Waals surface area contributed by atoms with Crippen LogP contribution in [0.15, 0.2) is 48.5 Å². The van der Waals surface area contributed by atoms with Crippen molar-refractivity contribution in [2.75, 3.05) is 0 Å². The van der Waals surface area contributed by atoms with Gasteiger partial charge >= 0.3 is 5.97 Å². The van der Waals surface area contributed by atoms with Gasteiger partial charge < -0.3 is 9.84 Å². The zero-order valence-electron chi connectivity index (χ0n) is 16.7. The number of carboxylic acids is 1. The van der Waals surface area contributed by atoms with Gasteiger partial charge in [-0.3, -0.25) is 0 Å². The summed E-state index contributed by atoms with van der Waals surface area (Å²) in [4.78, 5) is 15.8. The van der Waals surface area contributed by atoms with Crippen molar-refractivity contribution in [1.82, 2.24) is 4.98 Å². The largest absolute Gasteiger partial charge is 0.489 e. The molecule has 2 aromatic carbocycles. The Kier molecular flexibility index (Phi) is 5.84. The second kappa shape index (κ2) is 8.15. The molecule has 0 bridgehead atoms. The zero-order chi connectivity index (χ0) is 20.3. The lowest BCUT2D eigenvalue weighted by atomic mass is 9.82. The maximum atomic E-state index is 11.2. The molecule has 1 aromatic heterocycles. The molecule has 0 aliphatic carbocycles. The Labute approximate surface area is 169 Å². The normalized spacial score (nSPS) is 11.4. The minimum atomic E-state index is -0.931. The third kappa shape index (κ3) is 4.42. The van der Waals surface area contributed by atoms with Gasteiger partial charge in [-0.2, -0.15) is 0 Å². The smallest absolute Gasteiger partial charge is 0.347 e. The average Bonchev–Trinajstić information content (AvgIpc) is 3.09. The molecular weight excluding hydrogens is 370 g/mol. The van der Waals surface area contributed by atoms with Gasteiger partial charge in [-0.15, -0.1) is 11.3 Å². The van der Waals surface area contributed by atoms with Gasteiger partial charge in [0.1, 0.15) is 22.2 Å². The number of hydrogen-bond acceptors (Lipinski definition) is 4. The van der Waals surface area contributed by atoms with Crippen molar-refractivity contribution in [3.8, 4) is 16.3 Å². The van der Waals surface area contributed by atoms with E-state index in [1.54, 1.807) is 6.92 Å². The van der Waals surface area contributed by atoms with Gasteiger partial charge in [0, 0.05) is 5.56 Å². The van der Waals surface area contributed by atoms with Crippen molar-refractivity contribution >= 4 is 17.3 Å². The molecule has 0 amide bonds. The number of aromatic carboxylic acids is 1. The van der Waals surface area contributed by atoms with Gasteiger partial charge in [-0.05, 0) is 42.0 Å². The summed E-state index contributed by atoms with van der Waals surface area (Å²) in [6.45, 7) is 8.89. The van der Waals surface area contributed by atoms with E-state index in [-0.39, 0.29) is 10.3 Å². The molecule has 5 heteroatoms. The van der Waals surface area contributed by atoms with Crippen LogP contribution in [0.2, 0.25) is 0 Å². The van der Waals surface area contributed by atoms with E-state index in [1.807, 2.05) is 36.4 Å². The molecule has 4 nitrogen and oxygen atoms in total. The molecule has 0 radical (unpaired) electrons. The minimum absolute atomic E-state index is 0.170. The van der Waals surface area contributed by atoms with Crippen LogP contribution >= 0.6 is 11.3 Å². The molecule has 3 aromatic rings. The Morgan fingerprint density at radius 1 is 1.11 bits per heavy atom. The Morgan fingerprint density at radius 2 is 1.75 bits per heavy atom. The third-order valence-corrected chi connectivity index (χ3v) is 6.31. The maximum Gasteiger partial charge on any atom is 0.347 e. The number of aryl methyl sites for hydroxylation is 1. The minimum Gasteiger partial charge on any atom is -0.489 e. The quantitative estimate of drug-likeness (QED) is 0.526. The number of carboxylic acid groups (broad SMARTS) is 1. The van der Waals surface area contributed by atoms with Gasteiger partial charge in [-0.1, -0.05) is 57.2 Å². The first-order valence-corrected chi connectivity index (χ1v) is 10.1. The van der Waals surface area contributed by atoms with Crippen LogP contribution in [0.4, 0.5) is 0 Å². The Hall–Kier alpha value is -2.66.